The molecule has 0 radical (unpaired) electrons. The Bertz CT molecular complexity index is 477. The van der Waals surface area contributed by atoms with Gasteiger partial charge in [0.25, 0.3) is 0 Å². The first-order chi connectivity index (χ1) is 9.13. The summed E-state index contributed by atoms with van der Waals surface area (Å²) in [5.74, 6) is 2.66. The van der Waals surface area contributed by atoms with Gasteiger partial charge in [0.2, 0.25) is 5.91 Å². The van der Waals surface area contributed by atoms with Crippen LogP contribution in [0.2, 0.25) is 0 Å². The molecule has 1 aromatic heterocycles. The molecule has 3 atom stereocenters. The Balaban J connectivity index is 1.48. The number of nitrogens with zero attached hydrogens (tertiary/aromatic N) is 1. The lowest BCUT2D eigenvalue weighted by molar-refractivity contribution is -0.122. The zero-order valence-corrected chi connectivity index (χ0v) is 12.0. The van der Waals surface area contributed by atoms with Gasteiger partial charge in [-0.3, -0.25) is 4.79 Å². The molecule has 0 aliphatic heterocycles. The van der Waals surface area contributed by atoms with Crippen LogP contribution >= 0.6 is 0 Å². The Morgan fingerprint density at radius 2 is 2.21 bits per heavy atom. The van der Waals surface area contributed by atoms with Crippen molar-refractivity contribution >= 4 is 5.91 Å². The topological polar surface area (TPSA) is 34.0 Å². The Hall–Kier alpha value is -1.25. The van der Waals surface area contributed by atoms with E-state index in [9.17, 15) is 4.79 Å². The molecule has 2 aliphatic carbocycles. The number of hydrogen-bond donors (Lipinski definition) is 1. The number of amides is 1. The fraction of sp³-hybridized carbons (Fsp3) is 0.688. The van der Waals surface area contributed by atoms with Gasteiger partial charge in [-0.1, -0.05) is 6.42 Å². The summed E-state index contributed by atoms with van der Waals surface area (Å²) in [5.41, 5.74) is 2.41. The second-order valence-corrected chi connectivity index (χ2v) is 6.44. The maximum absolute atomic E-state index is 12.0. The Morgan fingerprint density at radius 3 is 2.79 bits per heavy atom. The average molecular weight is 260 g/mol. The fourth-order valence-electron chi connectivity index (χ4n) is 3.97. The van der Waals surface area contributed by atoms with E-state index in [0.29, 0.717) is 12.5 Å². The highest BCUT2D eigenvalue weighted by Gasteiger charge is 2.39. The smallest absolute Gasteiger partial charge is 0.220 e. The lowest BCUT2D eigenvalue weighted by Crippen LogP contribution is -2.27. The molecule has 3 nitrogen and oxygen atoms in total. The van der Waals surface area contributed by atoms with Crippen molar-refractivity contribution < 1.29 is 4.79 Å². The Labute approximate surface area is 115 Å². The summed E-state index contributed by atoms with van der Waals surface area (Å²) < 4.78 is 2.14. The number of nitrogens with one attached hydrogen (secondary N) is 1. The molecule has 0 aromatic carbocycles. The van der Waals surface area contributed by atoms with E-state index in [0.717, 1.165) is 18.3 Å². The summed E-state index contributed by atoms with van der Waals surface area (Å²) >= 11 is 0. The molecule has 3 heteroatoms. The lowest BCUT2D eigenvalue weighted by atomic mass is 9.86. The minimum atomic E-state index is 0.233. The summed E-state index contributed by atoms with van der Waals surface area (Å²) in [5, 5.41) is 3.08. The number of aryl methyl sites for hydroxylation is 1. The van der Waals surface area contributed by atoms with Gasteiger partial charge in [0.05, 0.1) is 6.54 Å². The van der Waals surface area contributed by atoms with Crippen LogP contribution in [0.15, 0.2) is 12.1 Å². The van der Waals surface area contributed by atoms with Crippen LogP contribution in [0.5, 0.6) is 0 Å². The van der Waals surface area contributed by atoms with Gasteiger partial charge in [0, 0.05) is 24.9 Å². The van der Waals surface area contributed by atoms with Crippen molar-refractivity contribution in [2.24, 2.45) is 24.8 Å². The molecule has 3 rings (SSSR count). The molecular weight excluding hydrogens is 236 g/mol. The molecule has 104 valence electrons. The summed E-state index contributed by atoms with van der Waals surface area (Å²) in [6.07, 6.45) is 6.19. The number of aromatic nitrogens is 1. The van der Waals surface area contributed by atoms with Gasteiger partial charge >= 0.3 is 0 Å². The van der Waals surface area contributed by atoms with E-state index in [-0.39, 0.29) is 5.91 Å². The van der Waals surface area contributed by atoms with Crippen molar-refractivity contribution in [3.8, 4) is 0 Å². The second-order valence-electron chi connectivity index (χ2n) is 6.44. The van der Waals surface area contributed by atoms with Crippen LogP contribution < -0.4 is 5.32 Å². The lowest BCUT2D eigenvalue weighted by Gasteiger charge is -2.20. The largest absolute Gasteiger partial charge is 0.351 e. The van der Waals surface area contributed by atoms with Crippen LogP contribution in [0.1, 0.15) is 43.5 Å². The molecule has 19 heavy (non-hydrogen) atoms. The first kappa shape index (κ1) is 12.8. The second kappa shape index (κ2) is 5.03. The predicted molar refractivity (Wildman–Crippen MR) is 75.6 cm³/mol. The van der Waals surface area contributed by atoms with Gasteiger partial charge < -0.3 is 9.88 Å². The monoisotopic (exact) mass is 260 g/mol. The molecule has 2 fully saturated rings. The van der Waals surface area contributed by atoms with Gasteiger partial charge in [0.1, 0.15) is 0 Å². The van der Waals surface area contributed by atoms with Crippen molar-refractivity contribution in [2.75, 3.05) is 0 Å². The zero-order valence-electron chi connectivity index (χ0n) is 12.0. The minimum absolute atomic E-state index is 0.233. The highest BCUT2D eigenvalue weighted by atomic mass is 16.1. The van der Waals surface area contributed by atoms with E-state index in [1.165, 1.54) is 37.1 Å². The first-order valence-electron chi connectivity index (χ1n) is 7.51. The van der Waals surface area contributed by atoms with Crippen molar-refractivity contribution in [3.63, 3.8) is 0 Å². The third-order valence-corrected chi connectivity index (χ3v) is 5.28. The zero-order chi connectivity index (χ0) is 13.4. The van der Waals surface area contributed by atoms with Crippen LogP contribution in [0.3, 0.4) is 0 Å². The first-order valence-corrected chi connectivity index (χ1v) is 7.51. The third kappa shape index (κ3) is 2.56. The van der Waals surface area contributed by atoms with Crippen LogP contribution in [0.25, 0.3) is 0 Å². The van der Waals surface area contributed by atoms with Crippen LogP contribution in [-0.4, -0.2) is 10.5 Å². The normalized spacial score (nSPS) is 28.8. The SMILES string of the molecule is Cc1ccc(CNC(=O)C[C@H]2C[C@H]3CC[C@H]2C3)n1C. The van der Waals surface area contributed by atoms with Gasteiger partial charge in [-0.25, -0.2) is 0 Å². The standard InChI is InChI=1S/C16H24N2O/c1-11-3-6-15(18(11)2)10-17-16(19)9-14-8-12-4-5-13(14)7-12/h3,6,12-14H,4-5,7-10H2,1-2H3,(H,17,19)/t12-,13-,14+/m0/s1. The third-order valence-electron chi connectivity index (χ3n) is 5.28. The molecule has 1 heterocycles. The number of fused-ring (bicyclic) bond motifs is 2. The molecule has 2 bridgehead atoms. The Kier molecular flexibility index (Phi) is 3.38. The molecule has 0 saturated heterocycles. The average Bonchev–Trinajstić information content (AvgIpc) is 3.06. The molecular formula is C16H24N2O. The molecule has 2 saturated carbocycles. The summed E-state index contributed by atoms with van der Waals surface area (Å²) in [6.45, 7) is 2.74. The molecule has 2 aliphatic rings. The van der Waals surface area contributed by atoms with Gasteiger partial charge in [0.15, 0.2) is 0 Å². The van der Waals surface area contributed by atoms with E-state index >= 15 is 0 Å². The number of hydrogen-bond acceptors (Lipinski definition) is 1. The molecule has 1 amide bonds. The number of carbonyl (C=O) groups is 1. The maximum atomic E-state index is 12.0. The predicted octanol–water partition coefficient (Wildman–Crippen LogP) is 2.78. The highest BCUT2D eigenvalue weighted by molar-refractivity contribution is 5.76. The van der Waals surface area contributed by atoms with Crippen molar-refractivity contribution in [1.29, 1.82) is 0 Å². The maximum Gasteiger partial charge on any atom is 0.220 e. The fourth-order valence-corrected chi connectivity index (χ4v) is 3.97. The minimum Gasteiger partial charge on any atom is -0.351 e. The summed E-state index contributed by atoms with van der Waals surface area (Å²) in [4.78, 5) is 12.0. The Morgan fingerprint density at radius 1 is 1.37 bits per heavy atom. The van der Waals surface area contributed by atoms with E-state index in [1.54, 1.807) is 0 Å². The highest BCUT2D eigenvalue weighted by Crippen LogP contribution is 2.49. The van der Waals surface area contributed by atoms with Gasteiger partial charge in [-0.2, -0.15) is 0 Å². The molecule has 1 aromatic rings. The van der Waals surface area contributed by atoms with Crippen LogP contribution in [0.4, 0.5) is 0 Å². The van der Waals surface area contributed by atoms with Gasteiger partial charge in [-0.05, 0) is 56.1 Å². The van der Waals surface area contributed by atoms with Crippen molar-refractivity contribution in [1.82, 2.24) is 9.88 Å². The van der Waals surface area contributed by atoms with E-state index in [4.69, 9.17) is 0 Å². The summed E-state index contributed by atoms with van der Waals surface area (Å²) in [6, 6.07) is 4.19. The van der Waals surface area contributed by atoms with E-state index < -0.39 is 0 Å². The molecule has 0 spiro atoms. The van der Waals surface area contributed by atoms with Crippen molar-refractivity contribution in [2.45, 2.75) is 45.6 Å². The van der Waals surface area contributed by atoms with Crippen LogP contribution in [0, 0.1) is 24.7 Å². The van der Waals surface area contributed by atoms with E-state index in [2.05, 4.69) is 28.9 Å². The number of carbonyl (C=O) groups excluding carboxylic acids is 1. The van der Waals surface area contributed by atoms with E-state index in [1.807, 2.05) is 7.05 Å². The van der Waals surface area contributed by atoms with Gasteiger partial charge in [-0.15, -0.1) is 0 Å². The molecule has 1 N–H and O–H groups in total. The molecule has 0 unspecified atom stereocenters. The van der Waals surface area contributed by atoms with Crippen molar-refractivity contribution in [3.05, 3.63) is 23.5 Å². The van der Waals surface area contributed by atoms with Crippen LogP contribution in [-0.2, 0) is 18.4 Å². The quantitative estimate of drug-likeness (QED) is 0.887. The summed E-state index contributed by atoms with van der Waals surface area (Å²) in [7, 11) is 2.05. The number of rotatable bonds is 4.